The number of aromatic amines is 1. The molecule has 7 nitrogen and oxygen atoms in total. The molecule has 1 saturated heterocycles. The van der Waals surface area contributed by atoms with Gasteiger partial charge >= 0.3 is 0 Å². The summed E-state index contributed by atoms with van der Waals surface area (Å²) in [4.78, 5) is 9.05. The number of sulfonamides is 1. The Hall–Kier alpha value is -1.80. The predicted octanol–water partition coefficient (Wildman–Crippen LogP) is 1.62. The summed E-state index contributed by atoms with van der Waals surface area (Å²) in [7, 11) is -3.15. The van der Waals surface area contributed by atoms with E-state index in [2.05, 4.69) is 20.2 Å². The number of nitrogens with zero attached hydrogens (tertiary/aromatic N) is 4. The van der Waals surface area contributed by atoms with E-state index in [4.69, 9.17) is 0 Å². The van der Waals surface area contributed by atoms with E-state index in [0.29, 0.717) is 13.1 Å². The molecule has 0 bridgehead atoms. The number of aromatic nitrogens is 4. The van der Waals surface area contributed by atoms with Crippen molar-refractivity contribution in [3.8, 4) is 11.3 Å². The topological polar surface area (TPSA) is 91.8 Å². The molecular formula is C15H21N5O2S. The van der Waals surface area contributed by atoms with E-state index in [1.165, 1.54) is 10.6 Å². The van der Waals surface area contributed by atoms with Gasteiger partial charge in [-0.2, -0.15) is 5.10 Å². The van der Waals surface area contributed by atoms with Crippen LogP contribution in [0.25, 0.3) is 11.3 Å². The maximum atomic E-state index is 11.7. The van der Waals surface area contributed by atoms with Crippen molar-refractivity contribution in [3.05, 3.63) is 29.5 Å². The minimum Gasteiger partial charge on any atom is -0.282 e. The highest BCUT2D eigenvalue weighted by molar-refractivity contribution is 7.88. The van der Waals surface area contributed by atoms with Crippen LogP contribution in [-0.4, -0.2) is 52.2 Å². The van der Waals surface area contributed by atoms with Gasteiger partial charge in [0.25, 0.3) is 0 Å². The van der Waals surface area contributed by atoms with E-state index in [9.17, 15) is 8.42 Å². The molecule has 0 saturated carbocycles. The van der Waals surface area contributed by atoms with Crippen LogP contribution in [0.5, 0.6) is 0 Å². The summed E-state index contributed by atoms with van der Waals surface area (Å²) in [5, 5.41) is 7.12. The molecule has 3 rings (SSSR count). The summed E-state index contributed by atoms with van der Waals surface area (Å²) in [5.74, 6) is 0.103. The molecule has 23 heavy (non-hydrogen) atoms. The first-order chi connectivity index (χ1) is 10.9. The highest BCUT2D eigenvalue weighted by atomic mass is 32.2. The first-order valence-corrected chi connectivity index (χ1v) is 9.50. The molecule has 8 heteroatoms. The van der Waals surface area contributed by atoms with E-state index < -0.39 is 10.0 Å². The molecule has 0 aromatic carbocycles. The Morgan fingerprint density at radius 1 is 1.26 bits per heavy atom. The normalized spacial score (nSPS) is 19.9. The van der Waals surface area contributed by atoms with Crippen LogP contribution in [0.4, 0.5) is 0 Å². The van der Waals surface area contributed by atoms with Gasteiger partial charge in [-0.3, -0.25) is 15.1 Å². The SMILES string of the molecule is Cc1n[nH]c(C)c1-c1cnc(C2CCCN(S(C)(=O)=O)C2)cn1. The molecule has 1 fully saturated rings. The molecule has 0 spiro atoms. The highest BCUT2D eigenvalue weighted by Gasteiger charge is 2.27. The molecule has 0 amide bonds. The van der Waals surface area contributed by atoms with Crippen molar-refractivity contribution >= 4 is 10.0 Å². The van der Waals surface area contributed by atoms with Crippen LogP contribution in [0.1, 0.15) is 35.8 Å². The summed E-state index contributed by atoms with van der Waals surface area (Å²) in [6.07, 6.45) is 6.55. The smallest absolute Gasteiger partial charge is 0.211 e. The van der Waals surface area contributed by atoms with Crippen LogP contribution in [0.15, 0.2) is 12.4 Å². The van der Waals surface area contributed by atoms with Crippen LogP contribution in [-0.2, 0) is 10.0 Å². The van der Waals surface area contributed by atoms with Crippen molar-refractivity contribution in [1.82, 2.24) is 24.5 Å². The molecular weight excluding hydrogens is 314 g/mol. The second kappa shape index (κ2) is 6.01. The van der Waals surface area contributed by atoms with E-state index in [1.807, 2.05) is 13.8 Å². The molecule has 1 aliphatic rings. The van der Waals surface area contributed by atoms with Gasteiger partial charge in [0, 0.05) is 36.5 Å². The van der Waals surface area contributed by atoms with Crippen molar-refractivity contribution in [1.29, 1.82) is 0 Å². The van der Waals surface area contributed by atoms with Gasteiger partial charge in [0.05, 0.1) is 29.5 Å². The van der Waals surface area contributed by atoms with Crippen LogP contribution >= 0.6 is 0 Å². The molecule has 1 N–H and O–H groups in total. The highest BCUT2D eigenvalue weighted by Crippen LogP contribution is 2.28. The minimum absolute atomic E-state index is 0.103. The van der Waals surface area contributed by atoms with E-state index in [-0.39, 0.29) is 5.92 Å². The Morgan fingerprint density at radius 3 is 2.61 bits per heavy atom. The van der Waals surface area contributed by atoms with Gasteiger partial charge in [0.2, 0.25) is 10.0 Å². The number of hydrogen-bond acceptors (Lipinski definition) is 5. The zero-order valence-corrected chi connectivity index (χ0v) is 14.4. The average Bonchev–Trinajstić information content (AvgIpc) is 2.86. The number of H-pyrrole nitrogens is 1. The molecule has 0 aliphatic carbocycles. The minimum atomic E-state index is -3.15. The number of rotatable bonds is 3. The third kappa shape index (κ3) is 3.28. The number of nitrogens with one attached hydrogen (secondary N) is 1. The third-order valence-corrected chi connectivity index (χ3v) is 5.60. The largest absolute Gasteiger partial charge is 0.282 e. The second-order valence-electron chi connectivity index (χ2n) is 6.10. The Labute approximate surface area is 136 Å². The fraction of sp³-hybridized carbons (Fsp3) is 0.533. The summed E-state index contributed by atoms with van der Waals surface area (Å²) in [6, 6.07) is 0. The van der Waals surface area contributed by atoms with Gasteiger partial charge in [-0.25, -0.2) is 12.7 Å². The van der Waals surface area contributed by atoms with Crippen molar-refractivity contribution in [2.24, 2.45) is 0 Å². The molecule has 1 unspecified atom stereocenters. The Morgan fingerprint density at radius 2 is 2.04 bits per heavy atom. The summed E-state index contributed by atoms with van der Waals surface area (Å²) in [5.41, 5.74) is 4.47. The quantitative estimate of drug-likeness (QED) is 0.920. The maximum Gasteiger partial charge on any atom is 0.211 e. The van der Waals surface area contributed by atoms with Crippen LogP contribution in [0.3, 0.4) is 0 Å². The van der Waals surface area contributed by atoms with Gasteiger partial charge in [-0.15, -0.1) is 0 Å². The lowest BCUT2D eigenvalue weighted by Gasteiger charge is -2.30. The van der Waals surface area contributed by atoms with Crippen molar-refractivity contribution in [2.75, 3.05) is 19.3 Å². The lowest BCUT2D eigenvalue weighted by atomic mass is 9.96. The third-order valence-electron chi connectivity index (χ3n) is 4.33. The van der Waals surface area contributed by atoms with Crippen molar-refractivity contribution < 1.29 is 8.42 Å². The number of hydrogen-bond donors (Lipinski definition) is 1. The fourth-order valence-electron chi connectivity index (χ4n) is 3.09. The Bertz CT molecular complexity index is 778. The summed E-state index contributed by atoms with van der Waals surface area (Å²) in [6.45, 7) is 4.96. The molecule has 3 heterocycles. The molecule has 1 aliphatic heterocycles. The van der Waals surface area contributed by atoms with E-state index >= 15 is 0 Å². The predicted molar refractivity (Wildman–Crippen MR) is 87.5 cm³/mol. The molecule has 1 atom stereocenters. The summed E-state index contributed by atoms with van der Waals surface area (Å²) < 4.78 is 25.0. The van der Waals surface area contributed by atoms with Gasteiger partial charge < -0.3 is 0 Å². The van der Waals surface area contributed by atoms with Gasteiger partial charge in [-0.1, -0.05) is 0 Å². The maximum absolute atomic E-state index is 11.7. The van der Waals surface area contributed by atoms with Gasteiger partial charge in [0.15, 0.2) is 0 Å². The monoisotopic (exact) mass is 335 g/mol. The zero-order chi connectivity index (χ0) is 16.6. The summed E-state index contributed by atoms with van der Waals surface area (Å²) >= 11 is 0. The lowest BCUT2D eigenvalue weighted by molar-refractivity contribution is 0.314. The van der Waals surface area contributed by atoms with Crippen molar-refractivity contribution in [3.63, 3.8) is 0 Å². The molecule has 2 aromatic rings. The first-order valence-electron chi connectivity index (χ1n) is 7.65. The average molecular weight is 335 g/mol. The number of piperidine rings is 1. The first kappa shape index (κ1) is 16.1. The molecule has 124 valence electrons. The van der Waals surface area contributed by atoms with Crippen molar-refractivity contribution in [2.45, 2.75) is 32.6 Å². The Balaban J connectivity index is 1.82. The molecule has 2 aromatic heterocycles. The number of aryl methyl sites for hydroxylation is 2. The van der Waals surface area contributed by atoms with Gasteiger partial charge in [0.1, 0.15) is 0 Å². The van der Waals surface area contributed by atoms with Crippen LogP contribution < -0.4 is 0 Å². The zero-order valence-electron chi connectivity index (χ0n) is 13.6. The lowest BCUT2D eigenvalue weighted by Crippen LogP contribution is -2.38. The fourth-order valence-corrected chi connectivity index (χ4v) is 4.00. The Kier molecular flexibility index (Phi) is 4.20. The standard InChI is InChI=1S/C15H21N5O2S/c1-10-15(11(2)19-18-10)14-8-16-13(7-17-14)12-5-4-6-20(9-12)23(3,21)22/h7-8,12H,4-6,9H2,1-3H3,(H,18,19). The van der Waals surface area contributed by atoms with Gasteiger partial charge in [-0.05, 0) is 26.7 Å². The van der Waals surface area contributed by atoms with Crippen LogP contribution in [0.2, 0.25) is 0 Å². The van der Waals surface area contributed by atoms with E-state index in [0.717, 1.165) is 41.2 Å². The second-order valence-corrected chi connectivity index (χ2v) is 8.08. The van der Waals surface area contributed by atoms with Crippen LogP contribution in [0, 0.1) is 13.8 Å². The molecule has 0 radical (unpaired) electrons. The van der Waals surface area contributed by atoms with E-state index in [1.54, 1.807) is 12.4 Å².